The summed E-state index contributed by atoms with van der Waals surface area (Å²) >= 11 is 2.15. The van der Waals surface area contributed by atoms with Gasteiger partial charge in [-0.05, 0) is 15.5 Å². The van der Waals surface area contributed by atoms with Crippen LogP contribution in [-0.4, -0.2) is 16.1 Å². The van der Waals surface area contributed by atoms with Gasteiger partial charge in [-0.3, -0.25) is 0 Å². The minimum absolute atomic E-state index is 0.263. The van der Waals surface area contributed by atoms with E-state index in [1.165, 1.54) is 0 Å². The van der Waals surface area contributed by atoms with Gasteiger partial charge < -0.3 is 0 Å². The fraction of sp³-hybridized carbons (Fsp3) is 1.00. The van der Waals surface area contributed by atoms with Crippen LogP contribution >= 0.6 is 11.8 Å². The van der Waals surface area contributed by atoms with E-state index >= 15 is 0 Å². The van der Waals surface area contributed by atoms with Crippen molar-refractivity contribution in [1.29, 1.82) is 0 Å². The first-order valence-electron chi connectivity index (χ1n) is 6.85. The van der Waals surface area contributed by atoms with Crippen LogP contribution in [0.15, 0.2) is 0 Å². The van der Waals surface area contributed by atoms with Crippen LogP contribution in [0.25, 0.3) is 0 Å². The Balaban J connectivity index is 5.17. The first-order valence-corrected chi connectivity index (χ1v) is 7.67. The van der Waals surface area contributed by atoms with Gasteiger partial charge in [0.15, 0.2) is 6.71 Å². The van der Waals surface area contributed by atoms with Gasteiger partial charge in [-0.15, -0.1) is 0 Å². The molecular formula is C15H33BS. The summed E-state index contributed by atoms with van der Waals surface area (Å²) in [6.45, 7) is 26.8. The van der Waals surface area contributed by atoms with Crippen molar-refractivity contribution in [2.45, 2.75) is 85.4 Å². The molecule has 0 heterocycles. The van der Waals surface area contributed by atoms with Crippen LogP contribution in [0.4, 0.5) is 0 Å². The van der Waals surface area contributed by atoms with Gasteiger partial charge in [-0.25, -0.2) is 0 Å². The largest absolute Gasteiger partial charge is 0.157 e. The molecule has 0 amide bonds. The second-order valence-electron chi connectivity index (χ2n) is 8.25. The summed E-state index contributed by atoms with van der Waals surface area (Å²) < 4.78 is 0.588. The van der Waals surface area contributed by atoms with Crippen molar-refractivity contribution in [3.63, 3.8) is 0 Å². The maximum absolute atomic E-state index is 2.41. The van der Waals surface area contributed by atoms with Crippen molar-refractivity contribution in [3.05, 3.63) is 0 Å². The summed E-state index contributed by atoms with van der Waals surface area (Å²) in [6, 6.07) is 0. The minimum Gasteiger partial charge on any atom is -0.157 e. The standard InChI is InChI=1S/C15H33BS/c1-12(2,3)13(4,5)14(6,7)17-15(8,9)16(10)11/h1-11H3. The molecule has 0 spiro atoms. The van der Waals surface area contributed by atoms with E-state index in [1.54, 1.807) is 0 Å². The highest BCUT2D eigenvalue weighted by Gasteiger charge is 2.48. The van der Waals surface area contributed by atoms with E-state index in [9.17, 15) is 0 Å². The lowest BCUT2D eigenvalue weighted by atomic mass is 9.45. The van der Waals surface area contributed by atoms with Gasteiger partial charge in [0.2, 0.25) is 0 Å². The molecule has 0 bridgehead atoms. The van der Waals surface area contributed by atoms with Crippen LogP contribution in [-0.2, 0) is 0 Å². The molecule has 0 atom stereocenters. The van der Waals surface area contributed by atoms with E-state index in [-0.39, 0.29) is 10.2 Å². The van der Waals surface area contributed by atoms with Crippen LogP contribution in [0.3, 0.4) is 0 Å². The highest BCUT2D eigenvalue weighted by molar-refractivity contribution is 8.03. The second kappa shape index (κ2) is 4.83. The summed E-state index contributed by atoms with van der Waals surface area (Å²) in [6.07, 6.45) is 0. The molecule has 17 heavy (non-hydrogen) atoms. The monoisotopic (exact) mass is 256 g/mol. The molecule has 0 radical (unpaired) electrons. The molecule has 0 rings (SSSR count). The Hall–Kier alpha value is 0.415. The minimum atomic E-state index is 0.263. The molecule has 0 aromatic rings. The summed E-state index contributed by atoms with van der Waals surface area (Å²) in [5.41, 5.74) is 0.605. The van der Waals surface area contributed by atoms with Gasteiger partial charge in [0.1, 0.15) is 0 Å². The lowest BCUT2D eigenvalue weighted by Gasteiger charge is -2.53. The van der Waals surface area contributed by atoms with Gasteiger partial charge in [-0.2, -0.15) is 11.8 Å². The van der Waals surface area contributed by atoms with Gasteiger partial charge in [0, 0.05) is 4.75 Å². The molecule has 0 unspecified atom stereocenters. The van der Waals surface area contributed by atoms with Crippen LogP contribution < -0.4 is 0 Å². The topological polar surface area (TPSA) is 0 Å². The third kappa shape index (κ3) is 3.69. The average molecular weight is 256 g/mol. The van der Waals surface area contributed by atoms with E-state index in [2.05, 4.69) is 87.7 Å². The van der Waals surface area contributed by atoms with Gasteiger partial charge in [0.05, 0.1) is 0 Å². The Labute approximate surface area is 115 Å². The van der Waals surface area contributed by atoms with Gasteiger partial charge in [-0.1, -0.05) is 76.0 Å². The Kier molecular flexibility index (Phi) is 4.95. The maximum Gasteiger partial charge on any atom is 0.152 e. The van der Waals surface area contributed by atoms with Crippen molar-refractivity contribution >= 4 is 18.5 Å². The molecule has 0 aliphatic heterocycles. The molecule has 0 saturated heterocycles. The Morgan fingerprint density at radius 1 is 0.706 bits per heavy atom. The zero-order valence-electron chi connectivity index (χ0n) is 14.0. The number of hydrogen-bond acceptors (Lipinski definition) is 1. The first-order chi connectivity index (χ1) is 7.15. The Morgan fingerprint density at radius 2 is 1.06 bits per heavy atom. The molecule has 2 heteroatoms. The number of rotatable bonds is 4. The van der Waals surface area contributed by atoms with E-state index in [0.717, 1.165) is 0 Å². The lowest BCUT2D eigenvalue weighted by molar-refractivity contribution is 0.0930. The summed E-state index contributed by atoms with van der Waals surface area (Å²) in [5.74, 6) is 0. The highest BCUT2D eigenvalue weighted by Crippen LogP contribution is 2.55. The number of hydrogen-bond donors (Lipinski definition) is 0. The molecular weight excluding hydrogens is 223 g/mol. The second-order valence-corrected chi connectivity index (χ2v) is 10.5. The van der Waals surface area contributed by atoms with Crippen molar-refractivity contribution in [3.8, 4) is 0 Å². The summed E-state index contributed by atoms with van der Waals surface area (Å²) in [4.78, 5) is 0. The zero-order chi connectivity index (χ0) is 14.3. The molecule has 0 N–H and O–H groups in total. The maximum atomic E-state index is 2.41. The van der Waals surface area contributed by atoms with Crippen molar-refractivity contribution in [2.24, 2.45) is 10.8 Å². The Morgan fingerprint density at radius 3 is 1.29 bits per heavy atom. The van der Waals surface area contributed by atoms with E-state index in [1.807, 2.05) is 0 Å². The predicted octanol–water partition coefficient (Wildman–Crippen LogP) is 5.64. The third-order valence-electron chi connectivity index (χ3n) is 5.29. The normalized spacial score (nSPS) is 15.0. The zero-order valence-corrected chi connectivity index (χ0v) is 14.8. The molecule has 0 saturated carbocycles. The molecule has 0 aromatic heterocycles. The van der Waals surface area contributed by atoms with Crippen LogP contribution in [0.2, 0.25) is 13.6 Å². The molecule has 102 valence electrons. The smallest absolute Gasteiger partial charge is 0.152 e. The third-order valence-corrected chi connectivity index (χ3v) is 7.31. The molecule has 0 aromatic carbocycles. The summed E-state index contributed by atoms with van der Waals surface area (Å²) in [7, 11) is 0. The van der Waals surface area contributed by atoms with Gasteiger partial charge in [0.25, 0.3) is 0 Å². The average Bonchev–Trinajstić information content (AvgIpc) is 1.98. The highest BCUT2D eigenvalue weighted by atomic mass is 32.2. The SMILES string of the molecule is CB(C)C(C)(C)SC(C)(C)C(C)(C)C(C)(C)C. The van der Waals surface area contributed by atoms with Crippen LogP contribution in [0, 0.1) is 10.8 Å². The first kappa shape index (κ1) is 17.4. The molecule has 0 aliphatic rings. The lowest BCUT2D eigenvalue weighted by Crippen LogP contribution is -2.49. The van der Waals surface area contributed by atoms with Crippen molar-refractivity contribution in [1.82, 2.24) is 0 Å². The van der Waals surface area contributed by atoms with Gasteiger partial charge >= 0.3 is 0 Å². The fourth-order valence-corrected chi connectivity index (χ4v) is 3.92. The van der Waals surface area contributed by atoms with E-state index < -0.39 is 0 Å². The number of thioether (sulfide) groups is 1. The van der Waals surface area contributed by atoms with E-state index in [0.29, 0.717) is 16.8 Å². The quantitative estimate of drug-likeness (QED) is 0.586. The summed E-state index contributed by atoms with van der Waals surface area (Å²) in [5, 5.41) is 0. The van der Waals surface area contributed by atoms with Crippen LogP contribution in [0.5, 0.6) is 0 Å². The van der Waals surface area contributed by atoms with E-state index in [4.69, 9.17) is 0 Å². The molecule has 0 aliphatic carbocycles. The van der Waals surface area contributed by atoms with Crippen molar-refractivity contribution in [2.75, 3.05) is 0 Å². The predicted molar refractivity (Wildman–Crippen MR) is 86.5 cm³/mol. The molecule has 0 fully saturated rings. The Bertz CT molecular complexity index is 257. The fourth-order valence-electron chi connectivity index (χ4n) is 1.81. The van der Waals surface area contributed by atoms with Crippen LogP contribution in [0.1, 0.15) is 62.3 Å². The van der Waals surface area contributed by atoms with Crippen molar-refractivity contribution < 1.29 is 0 Å². The molecule has 0 nitrogen and oxygen atoms in total.